The van der Waals surface area contributed by atoms with Gasteiger partial charge in [-0.05, 0) is 31.0 Å². The largest absolute Gasteiger partial charge is 0.347 e. The van der Waals surface area contributed by atoms with Crippen LogP contribution in [-0.4, -0.2) is 23.3 Å². The van der Waals surface area contributed by atoms with Gasteiger partial charge in [0, 0.05) is 11.3 Å². The third-order valence-corrected chi connectivity index (χ3v) is 3.24. The number of nitrogens with one attached hydrogen (secondary N) is 2. The zero-order valence-electron chi connectivity index (χ0n) is 10.9. The zero-order valence-corrected chi connectivity index (χ0v) is 10.9. The number of anilines is 1. The molecule has 1 aliphatic carbocycles. The van der Waals surface area contributed by atoms with Crippen LogP contribution < -0.4 is 10.6 Å². The highest BCUT2D eigenvalue weighted by Crippen LogP contribution is 2.28. The standard InChI is InChI=1S/C15H15N3O2/c19-14(9-16-15(20)11-5-6-11)18-13-8-7-10-3-1-2-4-12(10)17-13/h1-4,7-8,11H,5-6,9H2,(H,16,20)(H,17,18,19). The minimum Gasteiger partial charge on any atom is -0.347 e. The number of fused-ring (bicyclic) bond motifs is 1. The first-order chi connectivity index (χ1) is 9.72. The van der Waals surface area contributed by atoms with E-state index in [1.165, 1.54) is 0 Å². The van der Waals surface area contributed by atoms with E-state index in [1.807, 2.05) is 30.3 Å². The van der Waals surface area contributed by atoms with Gasteiger partial charge in [0.15, 0.2) is 0 Å². The lowest BCUT2D eigenvalue weighted by molar-refractivity contribution is -0.125. The van der Waals surface area contributed by atoms with Gasteiger partial charge in [-0.15, -0.1) is 0 Å². The third-order valence-electron chi connectivity index (χ3n) is 3.24. The fourth-order valence-electron chi connectivity index (χ4n) is 1.98. The second-order valence-electron chi connectivity index (χ2n) is 4.93. The molecule has 0 saturated heterocycles. The van der Waals surface area contributed by atoms with E-state index in [0.717, 1.165) is 23.7 Å². The van der Waals surface area contributed by atoms with E-state index in [2.05, 4.69) is 15.6 Å². The molecule has 5 heteroatoms. The maximum Gasteiger partial charge on any atom is 0.244 e. The van der Waals surface area contributed by atoms with Crippen molar-refractivity contribution in [3.8, 4) is 0 Å². The fraction of sp³-hybridized carbons (Fsp3) is 0.267. The van der Waals surface area contributed by atoms with Gasteiger partial charge in [-0.1, -0.05) is 18.2 Å². The van der Waals surface area contributed by atoms with E-state index < -0.39 is 0 Å². The van der Waals surface area contributed by atoms with Crippen molar-refractivity contribution in [3.05, 3.63) is 36.4 Å². The van der Waals surface area contributed by atoms with Gasteiger partial charge < -0.3 is 10.6 Å². The topological polar surface area (TPSA) is 71.1 Å². The normalized spacial score (nSPS) is 14.0. The Hall–Kier alpha value is -2.43. The summed E-state index contributed by atoms with van der Waals surface area (Å²) >= 11 is 0. The summed E-state index contributed by atoms with van der Waals surface area (Å²) in [4.78, 5) is 27.5. The van der Waals surface area contributed by atoms with Crippen molar-refractivity contribution < 1.29 is 9.59 Å². The summed E-state index contributed by atoms with van der Waals surface area (Å²) in [6.45, 7) is -0.0101. The molecule has 2 aromatic rings. The molecule has 1 aromatic heterocycles. The molecule has 1 heterocycles. The predicted molar refractivity (Wildman–Crippen MR) is 76.1 cm³/mol. The molecular formula is C15H15N3O2. The highest BCUT2D eigenvalue weighted by molar-refractivity contribution is 5.95. The molecule has 2 amide bonds. The van der Waals surface area contributed by atoms with Crippen LogP contribution in [0.1, 0.15) is 12.8 Å². The van der Waals surface area contributed by atoms with Gasteiger partial charge >= 0.3 is 0 Å². The van der Waals surface area contributed by atoms with Crippen molar-refractivity contribution >= 4 is 28.5 Å². The van der Waals surface area contributed by atoms with Gasteiger partial charge in [-0.3, -0.25) is 9.59 Å². The molecule has 20 heavy (non-hydrogen) atoms. The maximum absolute atomic E-state index is 11.7. The number of pyridine rings is 1. The molecule has 0 bridgehead atoms. The Labute approximate surface area is 116 Å². The summed E-state index contributed by atoms with van der Waals surface area (Å²) in [6.07, 6.45) is 1.86. The Balaban J connectivity index is 1.60. The van der Waals surface area contributed by atoms with Crippen LogP contribution in [-0.2, 0) is 9.59 Å². The van der Waals surface area contributed by atoms with E-state index in [1.54, 1.807) is 6.07 Å². The van der Waals surface area contributed by atoms with Crippen molar-refractivity contribution in [1.29, 1.82) is 0 Å². The summed E-state index contributed by atoms with van der Waals surface area (Å²) < 4.78 is 0. The minimum atomic E-state index is -0.262. The number of para-hydroxylation sites is 1. The number of nitrogens with zero attached hydrogens (tertiary/aromatic N) is 1. The van der Waals surface area contributed by atoms with E-state index in [-0.39, 0.29) is 24.3 Å². The number of carbonyl (C=O) groups is 2. The molecule has 0 radical (unpaired) electrons. The minimum absolute atomic E-state index is 0.0101. The number of aromatic nitrogens is 1. The molecule has 1 saturated carbocycles. The summed E-state index contributed by atoms with van der Waals surface area (Å²) in [5.74, 6) is 0.310. The lowest BCUT2D eigenvalue weighted by Crippen LogP contribution is -2.33. The first-order valence-electron chi connectivity index (χ1n) is 6.66. The zero-order chi connectivity index (χ0) is 13.9. The SMILES string of the molecule is O=C(CNC(=O)C1CC1)Nc1ccc2ccccc2n1. The summed E-state index contributed by atoms with van der Waals surface area (Å²) in [6, 6.07) is 11.3. The van der Waals surface area contributed by atoms with Crippen LogP contribution in [0.25, 0.3) is 10.9 Å². The number of hydrogen-bond donors (Lipinski definition) is 2. The van der Waals surface area contributed by atoms with Crippen molar-refractivity contribution in [2.45, 2.75) is 12.8 Å². The molecule has 5 nitrogen and oxygen atoms in total. The summed E-state index contributed by atoms with van der Waals surface area (Å²) in [5.41, 5.74) is 0.826. The number of hydrogen-bond acceptors (Lipinski definition) is 3. The second kappa shape index (κ2) is 5.28. The average Bonchev–Trinajstić information content (AvgIpc) is 3.29. The number of carbonyl (C=O) groups excluding carboxylic acids is 2. The van der Waals surface area contributed by atoms with Crippen molar-refractivity contribution in [2.24, 2.45) is 5.92 Å². The van der Waals surface area contributed by atoms with Gasteiger partial charge in [0.05, 0.1) is 12.1 Å². The lowest BCUT2D eigenvalue weighted by Gasteiger charge is -2.06. The quantitative estimate of drug-likeness (QED) is 0.887. The molecule has 2 N–H and O–H groups in total. The smallest absolute Gasteiger partial charge is 0.244 e. The molecule has 3 rings (SSSR count). The summed E-state index contributed by atoms with van der Waals surface area (Å²) in [5, 5.41) is 6.33. The Bertz CT molecular complexity index is 665. The lowest BCUT2D eigenvalue weighted by atomic mass is 10.2. The monoisotopic (exact) mass is 269 g/mol. The summed E-state index contributed by atoms with van der Waals surface area (Å²) in [7, 11) is 0. The Morgan fingerprint density at radius 3 is 2.75 bits per heavy atom. The van der Waals surface area contributed by atoms with Crippen molar-refractivity contribution in [1.82, 2.24) is 10.3 Å². The molecule has 0 aliphatic heterocycles. The van der Waals surface area contributed by atoms with Crippen LogP contribution in [0.15, 0.2) is 36.4 Å². The Morgan fingerprint density at radius 1 is 1.15 bits per heavy atom. The van der Waals surface area contributed by atoms with Crippen LogP contribution in [0, 0.1) is 5.92 Å². The molecule has 1 aliphatic rings. The maximum atomic E-state index is 11.7. The van der Waals surface area contributed by atoms with Crippen LogP contribution in [0.5, 0.6) is 0 Å². The average molecular weight is 269 g/mol. The first kappa shape index (κ1) is 12.6. The van der Waals surface area contributed by atoms with E-state index in [9.17, 15) is 9.59 Å². The van der Waals surface area contributed by atoms with Crippen LogP contribution in [0.4, 0.5) is 5.82 Å². The van der Waals surface area contributed by atoms with Crippen LogP contribution >= 0.6 is 0 Å². The fourth-order valence-corrected chi connectivity index (χ4v) is 1.98. The van der Waals surface area contributed by atoms with Crippen LogP contribution in [0.2, 0.25) is 0 Å². The number of amides is 2. The Kier molecular flexibility index (Phi) is 3.33. The Morgan fingerprint density at radius 2 is 1.95 bits per heavy atom. The molecule has 1 fully saturated rings. The van der Waals surface area contributed by atoms with Gasteiger partial charge in [0.2, 0.25) is 11.8 Å². The second-order valence-corrected chi connectivity index (χ2v) is 4.93. The van der Waals surface area contributed by atoms with E-state index >= 15 is 0 Å². The molecule has 0 atom stereocenters. The van der Waals surface area contributed by atoms with E-state index in [4.69, 9.17) is 0 Å². The molecular weight excluding hydrogens is 254 g/mol. The highest BCUT2D eigenvalue weighted by atomic mass is 16.2. The van der Waals surface area contributed by atoms with Gasteiger partial charge in [-0.2, -0.15) is 0 Å². The van der Waals surface area contributed by atoms with E-state index in [0.29, 0.717) is 5.82 Å². The van der Waals surface area contributed by atoms with Crippen molar-refractivity contribution in [3.63, 3.8) is 0 Å². The predicted octanol–water partition coefficient (Wildman–Crippen LogP) is 1.70. The van der Waals surface area contributed by atoms with Gasteiger partial charge in [-0.25, -0.2) is 4.98 Å². The van der Waals surface area contributed by atoms with Crippen molar-refractivity contribution in [2.75, 3.05) is 11.9 Å². The molecule has 0 unspecified atom stereocenters. The molecule has 102 valence electrons. The number of rotatable bonds is 4. The van der Waals surface area contributed by atoms with Crippen LogP contribution in [0.3, 0.4) is 0 Å². The highest BCUT2D eigenvalue weighted by Gasteiger charge is 2.29. The molecule has 0 spiro atoms. The molecule has 1 aromatic carbocycles. The number of benzene rings is 1. The van der Waals surface area contributed by atoms with Gasteiger partial charge in [0.1, 0.15) is 5.82 Å². The first-order valence-corrected chi connectivity index (χ1v) is 6.66. The third kappa shape index (κ3) is 2.93. The van der Waals surface area contributed by atoms with Gasteiger partial charge in [0.25, 0.3) is 0 Å².